The third-order valence-corrected chi connectivity index (χ3v) is 10.4. The van der Waals surface area contributed by atoms with E-state index in [9.17, 15) is 31.2 Å². The lowest BCUT2D eigenvalue weighted by molar-refractivity contribution is -0.139. The van der Waals surface area contributed by atoms with Gasteiger partial charge in [-0.25, -0.2) is 16.8 Å². The zero-order valence-corrected chi connectivity index (χ0v) is 24.4. The van der Waals surface area contributed by atoms with Crippen LogP contribution in [0.3, 0.4) is 0 Å². The van der Waals surface area contributed by atoms with Crippen molar-refractivity contribution in [2.75, 3.05) is 50.9 Å². The second-order valence-corrected chi connectivity index (χ2v) is 14.2. The SMILES string of the molecule is C/C=C\C(=C/C)S(=O)(=O)N1CCCC(NC(=O)C(CC(=O)N2CCOCC2)CS(=O)(=O)CC(C)C)C(=O)C1. The molecule has 0 aliphatic carbocycles. The first kappa shape index (κ1) is 32.1. The number of carbonyl (C=O) groups is 3. The van der Waals surface area contributed by atoms with E-state index < -0.39 is 55.8 Å². The van der Waals surface area contributed by atoms with Crippen molar-refractivity contribution < 1.29 is 36.0 Å². The molecule has 0 saturated carbocycles. The summed E-state index contributed by atoms with van der Waals surface area (Å²) >= 11 is 0. The third kappa shape index (κ3) is 9.28. The molecule has 2 heterocycles. The molecule has 2 rings (SSSR count). The monoisotopic (exact) mass is 575 g/mol. The van der Waals surface area contributed by atoms with Crippen molar-refractivity contribution in [2.45, 2.75) is 53.0 Å². The molecule has 0 aromatic heterocycles. The van der Waals surface area contributed by atoms with Gasteiger partial charge >= 0.3 is 0 Å². The van der Waals surface area contributed by atoms with Gasteiger partial charge in [-0.2, -0.15) is 4.31 Å². The number of nitrogens with zero attached hydrogens (tertiary/aromatic N) is 2. The summed E-state index contributed by atoms with van der Waals surface area (Å²) in [5.41, 5.74) is 0. The summed E-state index contributed by atoms with van der Waals surface area (Å²) in [7, 11) is -7.54. The van der Waals surface area contributed by atoms with Gasteiger partial charge in [0.2, 0.25) is 21.8 Å². The summed E-state index contributed by atoms with van der Waals surface area (Å²) in [6.07, 6.45) is 4.73. The number of allylic oxidation sites excluding steroid dienone is 3. The summed E-state index contributed by atoms with van der Waals surface area (Å²) in [4.78, 5) is 40.8. The average molecular weight is 576 g/mol. The minimum Gasteiger partial charge on any atom is -0.378 e. The fraction of sp³-hybridized carbons (Fsp3) is 0.720. The molecule has 11 nitrogen and oxygen atoms in total. The quantitative estimate of drug-likeness (QED) is 0.357. The second kappa shape index (κ2) is 14.3. The Hall–Kier alpha value is -2.09. The van der Waals surface area contributed by atoms with Crippen molar-refractivity contribution in [1.82, 2.24) is 14.5 Å². The smallest absolute Gasteiger partial charge is 0.243 e. The van der Waals surface area contributed by atoms with Crippen LogP contribution in [-0.4, -0.2) is 101 Å². The van der Waals surface area contributed by atoms with Gasteiger partial charge in [0.05, 0.1) is 48.1 Å². The molecule has 216 valence electrons. The van der Waals surface area contributed by atoms with Gasteiger partial charge in [0.15, 0.2) is 15.6 Å². The predicted molar refractivity (Wildman–Crippen MR) is 144 cm³/mol. The molecule has 2 amide bonds. The van der Waals surface area contributed by atoms with Gasteiger partial charge in [0, 0.05) is 26.1 Å². The van der Waals surface area contributed by atoms with E-state index in [-0.39, 0.29) is 41.9 Å². The number of morpholine rings is 1. The van der Waals surface area contributed by atoms with E-state index in [1.165, 1.54) is 12.2 Å². The van der Waals surface area contributed by atoms with Crippen LogP contribution in [0, 0.1) is 11.8 Å². The van der Waals surface area contributed by atoms with Gasteiger partial charge < -0.3 is 15.0 Å². The minimum atomic E-state index is -3.89. The molecule has 2 aliphatic rings. The zero-order valence-electron chi connectivity index (χ0n) is 22.7. The van der Waals surface area contributed by atoms with Crippen LogP contribution >= 0.6 is 0 Å². The maximum absolute atomic E-state index is 13.3. The van der Waals surface area contributed by atoms with E-state index in [0.717, 1.165) is 4.31 Å². The molecule has 0 spiro atoms. The molecule has 1 N–H and O–H groups in total. The van der Waals surface area contributed by atoms with Crippen LogP contribution in [0.4, 0.5) is 0 Å². The predicted octanol–water partition coefficient (Wildman–Crippen LogP) is 0.882. The zero-order chi connectivity index (χ0) is 28.5. The summed E-state index contributed by atoms with van der Waals surface area (Å²) in [6.45, 7) is 7.96. The van der Waals surface area contributed by atoms with Gasteiger partial charge in [0.25, 0.3) is 0 Å². The van der Waals surface area contributed by atoms with E-state index in [4.69, 9.17) is 4.74 Å². The Bertz CT molecular complexity index is 1120. The fourth-order valence-corrected chi connectivity index (χ4v) is 8.15. The fourth-order valence-electron chi connectivity index (χ4n) is 4.55. The molecule has 0 aromatic rings. The maximum atomic E-state index is 13.3. The molecule has 2 fully saturated rings. The Morgan fingerprint density at radius 2 is 1.74 bits per heavy atom. The number of sulfonamides is 1. The summed E-state index contributed by atoms with van der Waals surface area (Å²) in [6, 6.07) is -0.979. The van der Waals surface area contributed by atoms with Gasteiger partial charge in [-0.3, -0.25) is 14.4 Å². The number of hydrogen-bond donors (Lipinski definition) is 1. The number of nitrogens with one attached hydrogen (secondary N) is 1. The lowest BCUT2D eigenvalue weighted by atomic mass is 10.0. The van der Waals surface area contributed by atoms with Crippen molar-refractivity contribution in [3.63, 3.8) is 0 Å². The van der Waals surface area contributed by atoms with Crippen LogP contribution in [0.2, 0.25) is 0 Å². The molecular weight excluding hydrogens is 534 g/mol. The van der Waals surface area contributed by atoms with Crippen molar-refractivity contribution in [1.29, 1.82) is 0 Å². The molecular formula is C25H41N3O8S2. The molecule has 0 aromatic carbocycles. The summed E-state index contributed by atoms with van der Waals surface area (Å²) < 4.78 is 57.9. The third-order valence-electron chi connectivity index (χ3n) is 6.39. The highest BCUT2D eigenvalue weighted by molar-refractivity contribution is 7.93. The molecule has 2 unspecified atom stereocenters. The van der Waals surface area contributed by atoms with Crippen LogP contribution in [-0.2, 0) is 39.0 Å². The Balaban J connectivity index is 2.18. The number of hydrogen-bond acceptors (Lipinski definition) is 8. The number of ketones is 1. The molecule has 13 heteroatoms. The first-order valence-corrected chi connectivity index (χ1v) is 16.2. The van der Waals surface area contributed by atoms with Gasteiger partial charge in [0.1, 0.15) is 0 Å². The lowest BCUT2D eigenvalue weighted by Crippen LogP contribution is -2.49. The largest absolute Gasteiger partial charge is 0.378 e. The first-order valence-electron chi connectivity index (χ1n) is 13.0. The van der Waals surface area contributed by atoms with Crippen molar-refractivity contribution in [3.8, 4) is 0 Å². The van der Waals surface area contributed by atoms with E-state index in [2.05, 4.69) is 5.32 Å². The van der Waals surface area contributed by atoms with Gasteiger partial charge in [-0.05, 0) is 38.7 Å². The summed E-state index contributed by atoms with van der Waals surface area (Å²) in [5, 5.41) is 2.63. The van der Waals surface area contributed by atoms with E-state index in [1.54, 1.807) is 38.7 Å². The maximum Gasteiger partial charge on any atom is 0.243 e. The average Bonchev–Trinajstić information content (AvgIpc) is 3.03. The van der Waals surface area contributed by atoms with E-state index >= 15 is 0 Å². The molecule has 0 radical (unpaired) electrons. The molecule has 2 aliphatic heterocycles. The molecule has 2 atom stereocenters. The van der Waals surface area contributed by atoms with Crippen LogP contribution in [0.15, 0.2) is 23.1 Å². The van der Waals surface area contributed by atoms with Crippen LogP contribution in [0.25, 0.3) is 0 Å². The molecule has 38 heavy (non-hydrogen) atoms. The summed E-state index contributed by atoms with van der Waals surface area (Å²) in [5.74, 6) is -3.50. The Morgan fingerprint density at radius 1 is 1.08 bits per heavy atom. The number of sulfone groups is 1. The van der Waals surface area contributed by atoms with E-state index in [1.807, 2.05) is 0 Å². The number of carbonyl (C=O) groups excluding carboxylic acids is 3. The number of ether oxygens (including phenoxy) is 1. The normalized spacial score (nSPS) is 21.5. The Kier molecular flexibility index (Phi) is 12.1. The second-order valence-electron chi connectivity index (χ2n) is 10.1. The van der Waals surface area contributed by atoms with Crippen molar-refractivity contribution in [2.24, 2.45) is 11.8 Å². The highest BCUT2D eigenvalue weighted by Crippen LogP contribution is 2.20. The van der Waals surface area contributed by atoms with E-state index in [0.29, 0.717) is 32.7 Å². The number of Topliss-reactive ketones (excluding diaryl/α,β-unsaturated/α-hetero) is 1. The van der Waals surface area contributed by atoms with Gasteiger partial charge in [-0.15, -0.1) is 0 Å². The molecule has 2 saturated heterocycles. The van der Waals surface area contributed by atoms with Crippen molar-refractivity contribution >= 4 is 37.5 Å². The number of rotatable bonds is 11. The van der Waals surface area contributed by atoms with Gasteiger partial charge in [-0.1, -0.05) is 26.0 Å². The standard InChI is InChI=1S/C25H41N3O8S2/c1-5-8-21(6-2)38(34,35)28-10-7-9-22(23(29)16-28)26-25(31)20(18-37(32,33)17-19(3)4)15-24(30)27-11-13-36-14-12-27/h5-6,8,19-20,22H,7,9-18H2,1-4H3,(H,26,31)/b8-5-,21-6+. The first-order chi connectivity index (χ1) is 17.8. The molecule has 0 bridgehead atoms. The topological polar surface area (TPSA) is 147 Å². The highest BCUT2D eigenvalue weighted by Gasteiger charge is 2.36. The van der Waals surface area contributed by atoms with Crippen molar-refractivity contribution in [3.05, 3.63) is 23.1 Å². The van der Waals surface area contributed by atoms with Crippen LogP contribution in [0.5, 0.6) is 0 Å². The highest BCUT2D eigenvalue weighted by atomic mass is 32.2. The number of amides is 2. The lowest BCUT2D eigenvalue weighted by Gasteiger charge is -2.28. The Morgan fingerprint density at radius 3 is 2.32 bits per heavy atom. The van der Waals surface area contributed by atoms with Crippen LogP contribution < -0.4 is 5.32 Å². The Labute approximate surface area is 226 Å². The van der Waals surface area contributed by atoms with Crippen LogP contribution in [0.1, 0.15) is 47.0 Å². The minimum absolute atomic E-state index is 0.0762.